The molecule has 0 aliphatic heterocycles. The van der Waals surface area contributed by atoms with E-state index in [1.165, 1.54) is 0 Å². The molecule has 90 valence electrons. The van der Waals surface area contributed by atoms with Crippen LogP contribution >= 0.6 is 9.39 Å². The fraction of sp³-hybridized carbons (Fsp3) is 0.889. The first kappa shape index (κ1) is 14.8. The lowest BCUT2D eigenvalue weighted by Gasteiger charge is -2.10. The average Bonchev–Trinajstić information content (AvgIpc) is 2.26. The lowest BCUT2D eigenvalue weighted by atomic mass is 10.4. The van der Waals surface area contributed by atoms with E-state index in [2.05, 4.69) is 14.5 Å². The predicted octanol–water partition coefficient (Wildman–Crippen LogP) is 0.351. The van der Waals surface area contributed by atoms with Crippen LogP contribution in [0.3, 0.4) is 0 Å². The summed E-state index contributed by atoms with van der Waals surface area (Å²) in [5.41, 5.74) is 0. The third kappa shape index (κ3) is 8.75. The van der Waals surface area contributed by atoms with Crippen LogP contribution in [0.4, 0.5) is 0 Å². The normalized spacial score (nSPS) is 12.5. The molecule has 15 heavy (non-hydrogen) atoms. The maximum absolute atomic E-state index is 11.1. The van der Waals surface area contributed by atoms with Gasteiger partial charge in [0.25, 0.3) is 0 Å². The molecule has 5 nitrogen and oxygen atoms in total. The highest BCUT2D eigenvalue weighted by atomic mass is 31.0. The maximum atomic E-state index is 11.1. The van der Waals surface area contributed by atoms with Crippen molar-refractivity contribution >= 4 is 15.4 Å². The molecule has 0 aromatic carbocycles. The van der Waals surface area contributed by atoms with E-state index in [9.17, 15) is 4.79 Å². The Labute approximate surface area is 93.1 Å². The van der Waals surface area contributed by atoms with E-state index in [4.69, 9.17) is 14.2 Å². The van der Waals surface area contributed by atoms with Gasteiger partial charge in [-0.1, -0.05) is 9.39 Å². The Morgan fingerprint density at radius 2 is 1.87 bits per heavy atom. The second-order valence-corrected chi connectivity index (χ2v) is 3.20. The van der Waals surface area contributed by atoms with Crippen LogP contribution in [0.5, 0.6) is 0 Å². The lowest BCUT2D eigenvalue weighted by molar-refractivity contribution is -0.146. The minimum Gasteiger partial charge on any atom is -0.462 e. The molecule has 0 radical (unpaired) electrons. The van der Waals surface area contributed by atoms with Crippen molar-refractivity contribution in [3.8, 4) is 0 Å². The summed E-state index contributed by atoms with van der Waals surface area (Å²) in [6, 6.07) is -0.307. The monoisotopic (exact) mass is 237 g/mol. The average molecular weight is 237 g/mol. The third-order valence-electron chi connectivity index (χ3n) is 1.65. The van der Waals surface area contributed by atoms with E-state index >= 15 is 0 Å². The Kier molecular flexibility index (Phi) is 10.2. The molecule has 2 unspecified atom stereocenters. The van der Waals surface area contributed by atoms with Gasteiger partial charge in [0.15, 0.2) is 0 Å². The molecular weight excluding hydrogens is 217 g/mol. The number of rotatable bonds is 9. The molecule has 0 heterocycles. The Morgan fingerprint density at radius 1 is 1.27 bits per heavy atom. The highest BCUT2D eigenvalue weighted by Gasteiger charge is 2.10. The Morgan fingerprint density at radius 3 is 2.47 bits per heavy atom. The van der Waals surface area contributed by atoms with Crippen molar-refractivity contribution < 1.29 is 19.0 Å². The van der Waals surface area contributed by atoms with Crippen LogP contribution in [-0.4, -0.2) is 45.0 Å². The molecule has 0 fully saturated rings. The van der Waals surface area contributed by atoms with Crippen molar-refractivity contribution in [1.82, 2.24) is 5.09 Å². The van der Waals surface area contributed by atoms with E-state index < -0.39 is 0 Å². The predicted molar refractivity (Wildman–Crippen MR) is 60.6 cm³/mol. The van der Waals surface area contributed by atoms with Crippen LogP contribution in [0.1, 0.15) is 13.8 Å². The van der Waals surface area contributed by atoms with E-state index in [0.717, 1.165) is 0 Å². The first-order valence-electron chi connectivity index (χ1n) is 5.00. The van der Waals surface area contributed by atoms with Gasteiger partial charge in [-0.15, -0.1) is 0 Å². The van der Waals surface area contributed by atoms with Gasteiger partial charge in [-0.05, 0) is 13.8 Å². The smallest absolute Gasteiger partial charge is 0.323 e. The molecular formula is C9H20NO4P. The summed E-state index contributed by atoms with van der Waals surface area (Å²) >= 11 is 0. The fourth-order valence-electron chi connectivity index (χ4n) is 0.758. The standard InChI is InChI=1S/C9H20NO4P/c1-3-12-4-5-13-6-7-14-9(11)8(2)10-15/h8,10H,3-7,15H2,1-2H3. The summed E-state index contributed by atoms with van der Waals surface area (Å²) in [5.74, 6) is -0.279. The van der Waals surface area contributed by atoms with Crippen molar-refractivity contribution in [3.63, 3.8) is 0 Å². The van der Waals surface area contributed by atoms with E-state index in [1.54, 1.807) is 6.92 Å². The van der Waals surface area contributed by atoms with Gasteiger partial charge < -0.3 is 14.2 Å². The van der Waals surface area contributed by atoms with Crippen molar-refractivity contribution in [3.05, 3.63) is 0 Å². The van der Waals surface area contributed by atoms with Crippen molar-refractivity contribution in [1.29, 1.82) is 0 Å². The molecule has 0 saturated carbocycles. The summed E-state index contributed by atoms with van der Waals surface area (Å²) in [4.78, 5) is 11.1. The molecule has 0 aromatic heterocycles. The zero-order chi connectivity index (χ0) is 11.5. The second-order valence-electron chi connectivity index (χ2n) is 2.87. The van der Waals surface area contributed by atoms with Gasteiger partial charge >= 0.3 is 5.97 Å². The quantitative estimate of drug-likeness (QED) is 0.356. The van der Waals surface area contributed by atoms with Crippen molar-refractivity contribution in [2.75, 3.05) is 33.0 Å². The van der Waals surface area contributed by atoms with Crippen molar-refractivity contribution in [2.45, 2.75) is 19.9 Å². The zero-order valence-corrected chi connectivity index (χ0v) is 10.5. The molecule has 0 aliphatic carbocycles. The highest BCUT2D eigenvalue weighted by Crippen LogP contribution is 1.90. The van der Waals surface area contributed by atoms with Crippen LogP contribution in [0.15, 0.2) is 0 Å². The van der Waals surface area contributed by atoms with E-state index in [1.807, 2.05) is 6.92 Å². The number of hydrogen-bond donors (Lipinski definition) is 1. The fourth-order valence-corrected chi connectivity index (χ4v) is 0.895. The SMILES string of the molecule is CCOCCOCCOC(=O)C(C)NP. The third-order valence-corrected chi connectivity index (χ3v) is 2.15. The summed E-state index contributed by atoms with van der Waals surface area (Å²) < 4.78 is 15.2. The number of nitrogens with one attached hydrogen (secondary N) is 1. The van der Waals surface area contributed by atoms with Crippen LogP contribution in [-0.2, 0) is 19.0 Å². The van der Waals surface area contributed by atoms with Crippen LogP contribution in [0, 0.1) is 0 Å². The number of esters is 1. The molecule has 1 N–H and O–H groups in total. The largest absolute Gasteiger partial charge is 0.462 e. The van der Waals surface area contributed by atoms with Gasteiger partial charge in [0.1, 0.15) is 12.6 Å². The summed E-state index contributed by atoms with van der Waals surface area (Å²) in [7, 11) is 2.27. The summed E-state index contributed by atoms with van der Waals surface area (Å²) in [5, 5.41) is 2.71. The van der Waals surface area contributed by atoms with E-state index in [0.29, 0.717) is 26.4 Å². The van der Waals surface area contributed by atoms with Gasteiger partial charge in [0, 0.05) is 6.61 Å². The second kappa shape index (κ2) is 10.3. The van der Waals surface area contributed by atoms with Crippen molar-refractivity contribution in [2.24, 2.45) is 0 Å². The topological polar surface area (TPSA) is 56.8 Å². The minimum atomic E-state index is -0.307. The first-order chi connectivity index (χ1) is 7.22. The molecule has 0 amide bonds. The minimum absolute atomic E-state index is 0.279. The molecule has 0 saturated heterocycles. The molecule has 0 aromatic rings. The summed E-state index contributed by atoms with van der Waals surface area (Å²) in [6.45, 7) is 6.14. The van der Waals surface area contributed by atoms with Gasteiger partial charge in [-0.3, -0.25) is 9.88 Å². The molecule has 0 spiro atoms. The van der Waals surface area contributed by atoms with Gasteiger partial charge in [-0.25, -0.2) is 0 Å². The Hall–Kier alpha value is -0.220. The number of carbonyl (C=O) groups is 1. The number of carbonyl (C=O) groups excluding carboxylic acids is 1. The highest BCUT2D eigenvalue weighted by molar-refractivity contribution is 7.13. The van der Waals surface area contributed by atoms with Gasteiger partial charge in [0.2, 0.25) is 0 Å². The van der Waals surface area contributed by atoms with Crippen LogP contribution in [0.2, 0.25) is 0 Å². The summed E-state index contributed by atoms with van der Waals surface area (Å²) in [6.07, 6.45) is 0. The van der Waals surface area contributed by atoms with Gasteiger partial charge in [0.05, 0.1) is 19.8 Å². The maximum Gasteiger partial charge on any atom is 0.323 e. The molecule has 0 bridgehead atoms. The lowest BCUT2D eigenvalue weighted by Crippen LogP contribution is -2.29. The van der Waals surface area contributed by atoms with Crippen LogP contribution < -0.4 is 5.09 Å². The molecule has 2 atom stereocenters. The number of ether oxygens (including phenoxy) is 3. The Bertz CT molecular complexity index is 168. The first-order valence-corrected chi connectivity index (χ1v) is 5.58. The Balaban J connectivity index is 3.20. The van der Waals surface area contributed by atoms with E-state index in [-0.39, 0.29) is 18.6 Å². The molecule has 0 rings (SSSR count). The van der Waals surface area contributed by atoms with Crippen LogP contribution in [0.25, 0.3) is 0 Å². The zero-order valence-electron chi connectivity index (χ0n) is 9.32. The molecule has 0 aliphatic rings. The molecule has 6 heteroatoms. The number of hydrogen-bond acceptors (Lipinski definition) is 5. The van der Waals surface area contributed by atoms with Gasteiger partial charge in [-0.2, -0.15) is 0 Å².